The maximum Gasteiger partial charge on any atom is 0.0792 e. The maximum absolute atomic E-state index is 5.82. The highest BCUT2D eigenvalue weighted by Gasteiger charge is 2.14. The van der Waals surface area contributed by atoms with Gasteiger partial charge in [-0.15, -0.1) is 0 Å². The van der Waals surface area contributed by atoms with Gasteiger partial charge >= 0.3 is 0 Å². The molecular formula is C11H21N3. The van der Waals surface area contributed by atoms with Crippen LogP contribution in [-0.4, -0.2) is 9.78 Å². The molecule has 0 aliphatic rings. The van der Waals surface area contributed by atoms with Crippen molar-refractivity contribution >= 4 is 0 Å². The number of hydrogen-bond donors (Lipinski definition) is 1. The molecule has 0 amide bonds. The Morgan fingerprint density at radius 3 is 2.07 bits per heavy atom. The molecule has 0 bridgehead atoms. The van der Waals surface area contributed by atoms with Crippen LogP contribution in [0.4, 0.5) is 0 Å². The van der Waals surface area contributed by atoms with Crippen LogP contribution in [0.3, 0.4) is 0 Å². The van der Waals surface area contributed by atoms with Crippen molar-refractivity contribution in [2.45, 2.75) is 52.6 Å². The van der Waals surface area contributed by atoms with Crippen molar-refractivity contribution in [3.8, 4) is 0 Å². The number of nitrogens with zero attached hydrogens (tertiary/aromatic N) is 2. The zero-order chi connectivity index (χ0) is 10.9. The summed E-state index contributed by atoms with van der Waals surface area (Å²) in [5.74, 6) is 0.498. The van der Waals surface area contributed by atoms with Gasteiger partial charge in [-0.1, -0.05) is 13.8 Å². The average Bonchev–Trinajstić information content (AvgIpc) is 2.47. The van der Waals surface area contributed by atoms with Crippen LogP contribution in [0, 0.1) is 0 Å². The molecule has 2 N–H and O–H groups in total. The number of hydrogen-bond acceptors (Lipinski definition) is 2. The van der Waals surface area contributed by atoms with Crippen LogP contribution in [0.15, 0.2) is 6.07 Å². The molecule has 1 rings (SSSR count). The molecular weight excluding hydrogens is 174 g/mol. The molecule has 80 valence electrons. The fourth-order valence-electron chi connectivity index (χ4n) is 1.50. The van der Waals surface area contributed by atoms with Gasteiger partial charge in [0.1, 0.15) is 0 Å². The molecule has 1 heterocycles. The Hall–Kier alpha value is -0.830. The van der Waals surface area contributed by atoms with Gasteiger partial charge in [0.25, 0.3) is 0 Å². The first-order valence-corrected chi connectivity index (χ1v) is 5.28. The van der Waals surface area contributed by atoms with Crippen LogP contribution in [-0.2, 0) is 0 Å². The number of aromatic nitrogens is 2. The molecule has 1 unspecified atom stereocenters. The summed E-state index contributed by atoms with van der Waals surface area (Å²) in [5, 5.41) is 4.52. The van der Waals surface area contributed by atoms with Crippen molar-refractivity contribution in [1.82, 2.24) is 9.78 Å². The summed E-state index contributed by atoms with van der Waals surface area (Å²) in [6.07, 6.45) is 0. The third-order valence-corrected chi connectivity index (χ3v) is 2.33. The SMILES string of the molecule is CC(C)c1cc(C(C)N)nn1C(C)C. The average molecular weight is 195 g/mol. The molecule has 1 atom stereocenters. The van der Waals surface area contributed by atoms with Gasteiger partial charge in [-0.25, -0.2) is 0 Å². The lowest BCUT2D eigenvalue weighted by atomic mass is 10.1. The van der Waals surface area contributed by atoms with Crippen LogP contribution in [0.5, 0.6) is 0 Å². The fraction of sp³-hybridized carbons (Fsp3) is 0.727. The van der Waals surface area contributed by atoms with Crippen molar-refractivity contribution in [3.05, 3.63) is 17.5 Å². The van der Waals surface area contributed by atoms with E-state index in [9.17, 15) is 0 Å². The molecule has 0 saturated carbocycles. The lowest BCUT2D eigenvalue weighted by molar-refractivity contribution is 0.490. The largest absolute Gasteiger partial charge is 0.323 e. The Kier molecular flexibility index (Phi) is 3.32. The third-order valence-electron chi connectivity index (χ3n) is 2.33. The monoisotopic (exact) mass is 195 g/mol. The van der Waals surface area contributed by atoms with Crippen molar-refractivity contribution in [2.75, 3.05) is 0 Å². The quantitative estimate of drug-likeness (QED) is 0.805. The normalized spacial score (nSPS) is 14.0. The van der Waals surface area contributed by atoms with Gasteiger partial charge in [0.2, 0.25) is 0 Å². The van der Waals surface area contributed by atoms with E-state index in [4.69, 9.17) is 5.73 Å². The van der Waals surface area contributed by atoms with E-state index in [1.54, 1.807) is 0 Å². The van der Waals surface area contributed by atoms with Crippen LogP contribution in [0.2, 0.25) is 0 Å². The maximum atomic E-state index is 5.82. The minimum atomic E-state index is 0.0208. The van der Waals surface area contributed by atoms with Crippen LogP contribution < -0.4 is 5.73 Å². The summed E-state index contributed by atoms with van der Waals surface area (Å²) in [6, 6.07) is 2.54. The lowest BCUT2D eigenvalue weighted by Gasteiger charge is -2.12. The molecule has 0 radical (unpaired) electrons. The zero-order valence-corrected chi connectivity index (χ0v) is 9.78. The predicted octanol–water partition coefficient (Wildman–Crippen LogP) is 2.61. The van der Waals surface area contributed by atoms with E-state index in [-0.39, 0.29) is 6.04 Å². The van der Waals surface area contributed by atoms with Gasteiger partial charge in [-0.05, 0) is 32.8 Å². The third kappa shape index (κ3) is 2.15. The molecule has 0 saturated heterocycles. The van der Waals surface area contributed by atoms with Gasteiger partial charge in [-0.2, -0.15) is 5.10 Å². The Morgan fingerprint density at radius 1 is 1.21 bits per heavy atom. The highest BCUT2D eigenvalue weighted by Crippen LogP contribution is 2.21. The molecule has 0 aliphatic carbocycles. The molecule has 0 aliphatic heterocycles. The topological polar surface area (TPSA) is 43.8 Å². The van der Waals surface area contributed by atoms with Crippen LogP contribution in [0.1, 0.15) is 64.0 Å². The van der Waals surface area contributed by atoms with Crippen molar-refractivity contribution in [1.29, 1.82) is 0 Å². The number of rotatable bonds is 3. The van der Waals surface area contributed by atoms with Gasteiger partial charge in [-0.3, -0.25) is 4.68 Å². The second-order valence-corrected chi connectivity index (χ2v) is 4.48. The number of nitrogens with two attached hydrogens (primary N) is 1. The molecule has 3 heteroatoms. The van der Waals surface area contributed by atoms with E-state index in [0.29, 0.717) is 12.0 Å². The molecule has 0 fully saturated rings. The Morgan fingerprint density at radius 2 is 1.79 bits per heavy atom. The Bertz CT molecular complexity index is 272. The standard InChI is InChI=1S/C11H21N3/c1-7(2)11-6-10(9(5)12)13-14(11)8(3)4/h6-9H,12H2,1-5H3. The Balaban J connectivity index is 3.12. The minimum absolute atomic E-state index is 0.0208. The highest BCUT2D eigenvalue weighted by atomic mass is 15.3. The second-order valence-electron chi connectivity index (χ2n) is 4.48. The first-order chi connectivity index (χ1) is 6.43. The first kappa shape index (κ1) is 11.2. The van der Waals surface area contributed by atoms with Gasteiger partial charge in [0.05, 0.1) is 5.69 Å². The van der Waals surface area contributed by atoms with E-state index in [1.165, 1.54) is 5.69 Å². The molecule has 0 aromatic carbocycles. The zero-order valence-electron chi connectivity index (χ0n) is 9.78. The van der Waals surface area contributed by atoms with E-state index < -0.39 is 0 Å². The first-order valence-electron chi connectivity index (χ1n) is 5.28. The summed E-state index contributed by atoms with van der Waals surface area (Å²) in [5.41, 5.74) is 8.08. The molecule has 3 nitrogen and oxygen atoms in total. The molecule has 1 aromatic rings. The van der Waals surface area contributed by atoms with E-state index >= 15 is 0 Å². The van der Waals surface area contributed by atoms with Crippen LogP contribution in [0.25, 0.3) is 0 Å². The molecule has 0 spiro atoms. The summed E-state index contributed by atoms with van der Waals surface area (Å²) in [4.78, 5) is 0. The van der Waals surface area contributed by atoms with Crippen molar-refractivity contribution in [2.24, 2.45) is 5.73 Å². The van der Waals surface area contributed by atoms with E-state index in [2.05, 4.69) is 43.5 Å². The fourth-order valence-corrected chi connectivity index (χ4v) is 1.50. The predicted molar refractivity (Wildman–Crippen MR) is 59.3 cm³/mol. The highest BCUT2D eigenvalue weighted by molar-refractivity contribution is 5.16. The van der Waals surface area contributed by atoms with Crippen molar-refractivity contribution < 1.29 is 0 Å². The van der Waals surface area contributed by atoms with Gasteiger partial charge in [0.15, 0.2) is 0 Å². The van der Waals surface area contributed by atoms with Gasteiger partial charge in [0, 0.05) is 17.8 Å². The van der Waals surface area contributed by atoms with Gasteiger partial charge < -0.3 is 5.73 Å². The van der Waals surface area contributed by atoms with Crippen molar-refractivity contribution in [3.63, 3.8) is 0 Å². The minimum Gasteiger partial charge on any atom is -0.323 e. The summed E-state index contributed by atoms with van der Waals surface area (Å²) in [7, 11) is 0. The second kappa shape index (κ2) is 4.13. The smallest absolute Gasteiger partial charge is 0.0792 e. The Labute approximate surface area is 86.3 Å². The van der Waals surface area contributed by atoms with E-state index in [0.717, 1.165) is 5.69 Å². The molecule has 1 aromatic heterocycles. The van der Waals surface area contributed by atoms with Crippen LogP contribution >= 0.6 is 0 Å². The summed E-state index contributed by atoms with van der Waals surface area (Å²) >= 11 is 0. The lowest BCUT2D eigenvalue weighted by Crippen LogP contribution is -2.10. The van der Waals surface area contributed by atoms with E-state index in [1.807, 2.05) is 6.92 Å². The molecule has 14 heavy (non-hydrogen) atoms. The summed E-state index contributed by atoms with van der Waals surface area (Å²) in [6.45, 7) is 10.6. The summed E-state index contributed by atoms with van der Waals surface area (Å²) < 4.78 is 2.07.